The number of hydrogen-bond acceptors (Lipinski definition) is 3. The first-order valence-corrected chi connectivity index (χ1v) is 7.90. The smallest absolute Gasteiger partial charge is 0.256 e. The second kappa shape index (κ2) is 6.16. The highest BCUT2D eigenvalue weighted by Gasteiger charge is 2.33. The fourth-order valence-corrected chi connectivity index (χ4v) is 3.40. The Morgan fingerprint density at radius 2 is 2.24 bits per heavy atom. The summed E-state index contributed by atoms with van der Waals surface area (Å²) in [5, 5.41) is 0. The highest BCUT2D eigenvalue weighted by molar-refractivity contribution is 5.83. The molecule has 1 aromatic rings. The van der Waals surface area contributed by atoms with Crippen LogP contribution in [0.25, 0.3) is 0 Å². The van der Waals surface area contributed by atoms with Crippen LogP contribution in [0.4, 0.5) is 0 Å². The fraction of sp³-hybridized carbons (Fsp3) is 0.588. The Hall–Kier alpha value is -1.39. The quantitative estimate of drug-likeness (QED) is 0.904. The molecule has 2 heterocycles. The molecular weight excluding hydrogens is 264 g/mol. The summed E-state index contributed by atoms with van der Waals surface area (Å²) in [5.74, 6) is 0.508. The van der Waals surface area contributed by atoms with Gasteiger partial charge < -0.3 is 15.4 Å². The maximum absolute atomic E-state index is 12.8. The van der Waals surface area contributed by atoms with Crippen molar-refractivity contribution in [3.8, 4) is 0 Å². The standard InChI is InChI=1S/C17H24N2O2/c1-12(18)14-6-4-9-19(11-14)17(20)16-15-7-3-2-5-13(15)8-10-21-16/h2-3,5,7,12,14,16H,4,6,8-11,18H2,1H3/t12-,14-,16+/m0/s1. The van der Waals surface area contributed by atoms with Crippen molar-refractivity contribution < 1.29 is 9.53 Å². The molecule has 2 aliphatic heterocycles. The molecule has 4 nitrogen and oxygen atoms in total. The van der Waals surface area contributed by atoms with E-state index in [9.17, 15) is 4.79 Å². The number of carbonyl (C=O) groups excluding carboxylic acids is 1. The van der Waals surface area contributed by atoms with E-state index in [4.69, 9.17) is 10.5 Å². The monoisotopic (exact) mass is 288 g/mol. The Kier molecular flexibility index (Phi) is 4.27. The van der Waals surface area contributed by atoms with Crippen LogP contribution in [0.3, 0.4) is 0 Å². The minimum absolute atomic E-state index is 0.104. The van der Waals surface area contributed by atoms with Crippen molar-refractivity contribution in [2.24, 2.45) is 11.7 Å². The number of nitrogens with zero attached hydrogens (tertiary/aromatic N) is 1. The van der Waals surface area contributed by atoms with Gasteiger partial charge in [0.15, 0.2) is 6.10 Å². The summed E-state index contributed by atoms with van der Waals surface area (Å²) in [6.45, 7) is 4.24. The number of nitrogens with two attached hydrogens (primary N) is 1. The normalized spacial score (nSPS) is 27.0. The van der Waals surface area contributed by atoms with Gasteiger partial charge in [0.25, 0.3) is 5.91 Å². The van der Waals surface area contributed by atoms with Gasteiger partial charge in [-0.25, -0.2) is 0 Å². The third kappa shape index (κ3) is 2.97. The topological polar surface area (TPSA) is 55.6 Å². The molecule has 4 heteroatoms. The summed E-state index contributed by atoms with van der Waals surface area (Å²) in [6.07, 6.45) is 2.61. The molecule has 0 saturated carbocycles. The molecule has 0 spiro atoms. The van der Waals surface area contributed by atoms with Crippen LogP contribution in [0.5, 0.6) is 0 Å². The SMILES string of the molecule is C[C@H](N)[C@H]1CCCN(C(=O)[C@@H]2OCCc3ccccc32)C1. The Bertz CT molecular complexity index is 515. The second-order valence-corrected chi connectivity index (χ2v) is 6.25. The largest absolute Gasteiger partial charge is 0.363 e. The third-order valence-electron chi connectivity index (χ3n) is 4.73. The summed E-state index contributed by atoms with van der Waals surface area (Å²) < 4.78 is 5.79. The molecule has 1 aromatic carbocycles. The summed E-state index contributed by atoms with van der Waals surface area (Å²) in [7, 11) is 0. The molecule has 114 valence electrons. The summed E-state index contributed by atoms with van der Waals surface area (Å²) in [4.78, 5) is 14.8. The molecule has 1 fully saturated rings. The van der Waals surface area contributed by atoms with Gasteiger partial charge in [-0.3, -0.25) is 4.79 Å². The highest BCUT2D eigenvalue weighted by Crippen LogP contribution is 2.30. The zero-order chi connectivity index (χ0) is 14.8. The van der Waals surface area contributed by atoms with E-state index in [1.807, 2.05) is 30.0 Å². The predicted molar refractivity (Wildman–Crippen MR) is 81.8 cm³/mol. The summed E-state index contributed by atoms with van der Waals surface area (Å²) >= 11 is 0. The number of piperidine rings is 1. The minimum Gasteiger partial charge on any atom is -0.363 e. The number of benzene rings is 1. The van der Waals surface area contributed by atoms with Crippen molar-refractivity contribution in [3.63, 3.8) is 0 Å². The maximum Gasteiger partial charge on any atom is 0.256 e. The summed E-state index contributed by atoms with van der Waals surface area (Å²) in [5.41, 5.74) is 8.29. The van der Waals surface area contributed by atoms with Crippen molar-refractivity contribution in [3.05, 3.63) is 35.4 Å². The number of amides is 1. The molecule has 3 rings (SSSR count). The molecule has 1 amide bonds. The van der Waals surface area contributed by atoms with Crippen LogP contribution in [0.1, 0.15) is 37.0 Å². The molecule has 2 N–H and O–H groups in total. The molecule has 0 radical (unpaired) electrons. The molecular formula is C17H24N2O2. The van der Waals surface area contributed by atoms with E-state index < -0.39 is 6.10 Å². The molecule has 0 bridgehead atoms. The first kappa shape index (κ1) is 14.5. The van der Waals surface area contributed by atoms with E-state index in [0.717, 1.165) is 37.9 Å². The van der Waals surface area contributed by atoms with Crippen LogP contribution in [0.15, 0.2) is 24.3 Å². The third-order valence-corrected chi connectivity index (χ3v) is 4.73. The molecule has 0 unspecified atom stereocenters. The molecule has 3 atom stereocenters. The average Bonchev–Trinajstić information content (AvgIpc) is 2.53. The van der Waals surface area contributed by atoms with Crippen molar-refractivity contribution in [1.82, 2.24) is 4.90 Å². The van der Waals surface area contributed by atoms with Crippen LogP contribution >= 0.6 is 0 Å². The number of hydrogen-bond donors (Lipinski definition) is 1. The van der Waals surface area contributed by atoms with Crippen molar-refractivity contribution in [2.45, 2.75) is 38.3 Å². The number of rotatable bonds is 2. The Labute approximate surface area is 126 Å². The number of fused-ring (bicyclic) bond motifs is 1. The Balaban J connectivity index is 1.77. The van der Waals surface area contributed by atoms with Gasteiger partial charge in [0.2, 0.25) is 0 Å². The molecule has 21 heavy (non-hydrogen) atoms. The lowest BCUT2D eigenvalue weighted by Crippen LogP contribution is -2.47. The van der Waals surface area contributed by atoms with E-state index in [1.54, 1.807) is 0 Å². The van der Waals surface area contributed by atoms with Gasteiger partial charge in [-0.05, 0) is 43.2 Å². The first-order valence-electron chi connectivity index (χ1n) is 7.90. The van der Waals surface area contributed by atoms with E-state index in [0.29, 0.717) is 12.5 Å². The lowest BCUT2D eigenvalue weighted by atomic mass is 9.91. The highest BCUT2D eigenvalue weighted by atomic mass is 16.5. The zero-order valence-corrected chi connectivity index (χ0v) is 12.6. The lowest BCUT2D eigenvalue weighted by molar-refractivity contribution is -0.147. The molecule has 0 aromatic heterocycles. The van der Waals surface area contributed by atoms with Crippen LogP contribution in [-0.4, -0.2) is 36.5 Å². The van der Waals surface area contributed by atoms with Crippen LogP contribution < -0.4 is 5.73 Å². The van der Waals surface area contributed by atoms with Gasteiger partial charge in [-0.15, -0.1) is 0 Å². The van der Waals surface area contributed by atoms with Gasteiger partial charge in [-0.2, -0.15) is 0 Å². The Morgan fingerprint density at radius 3 is 3.05 bits per heavy atom. The van der Waals surface area contributed by atoms with Gasteiger partial charge >= 0.3 is 0 Å². The molecule has 2 aliphatic rings. The van der Waals surface area contributed by atoms with Gasteiger partial charge in [0, 0.05) is 19.1 Å². The van der Waals surface area contributed by atoms with Crippen LogP contribution in [-0.2, 0) is 16.0 Å². The van der Waals surface area contributed by atoms with Crippen molar-refractivity contribution >= 4 is 5.91 Å². The number of likely N-dealkylation sites (tertiary alicyclic amines) is 1. The van der Waals surface area contributed by atoms with Crippen LogP contribution in [0, 0.1) is 5.92 Å². The van der Waals surface area contributed by atoms with E-state index in [2.05, 4.69) is 6.07 Å². The summed E-state index contributed by atoms with van der Waals surface area (Å²) in [6, 6.07) is 8.26. The maximum atomic E-state index is 12.8. The molecule has 1 saturated heterocycles. The Morgan fingerprint density at radius 1 is 1.43 bits per heavy atom. The van der Waals surface area contributed by atoms with E-state index in [-0.39, 0.29) is 11.9 Å². The van der Waals surface area contributed by atoms with Crippen molar-refractivity contribution in [1.29, 1.82) is 0 Å². The van der Waals surface area contributed by atoms with Gasteiger partial charge in [0.1, 0.15) is 0 Å². The predicted octanol–water partition coefficient (Wildman–Crippen LogP) is 1.89. The van der Waals surface area contributed by atoms with E-state index >= 15 is 0 Å². The molecule has 0 aliphatic carbocycles. The first-order chi connectivity index (χ1) is 10.2. The van der Waals surface area contributed by atoms with Gasteiger partial charge in [0.05, 0.1) is 6.61 Å². The average molecular weight is 288 g/mol. The minimum atomic E-state index is -0.429. The van der Waals surface area contributed by atoms with Gasteiger partial charge in [-0.1, -0.05) is 24.3 Å². The zero-order valence-electron chi connectivity index (χ0n) is 12.6. The fourth-order valence-electron chi connectivity index (χ4n) is 3.40. The van der Waals surface area contributed by atoms with E-state index in [1.165, 1.54) is 5.56 Å². The van der Waals surface area contributed by atoms with Crippen molar-refractivity contribution in [2.75, 3.05) is 19.7 Å². The number of carbonyl (C=O) groups is 1. The lowest BCUT2D eigenvalue weighted by Gasteiger charge is -2.37. The second-order valence-electron chi connectivity index (χ2n) is 6.25. The van der Waals surface area contributed by atoms with Crippen LogP contribution in [0.2, 0.25) is 0 Å². The number of ether oxygens (including phenoxy) is 1.